The van der Waals surface area contributed by atoms with Crippen LogP contribution in [0, 0.1) is 5.82 Å². The summed E-state index contributed by atoms with van der Waals surface area (Å²) in [6.45, 7) is 3.14. The predicted octanol–water partition coefficient (Wildman–Crippen LogP) is 2.99. The summed E-state index contributed by atoms with van der Waals surface area (Å²) in [6.07, 6.45) is 0.973. The van der Waals surface area contributed by atoms with Crippen molar-refractivity contribution in [3.63, 3.8) is 0 Å². The summed E-state index contributed by atoms with van der Waals surface area (Å²) in [7, 11) is 0. The van der Waals surface area contributed by atoms with Crippen LogP contribution in [0.3, 0.4) is 0 Å². The van der Waals surface area contributed by atoms with Crippen LogP contribution in [0.1, 0.15) is 12.2 Å². The number of nitrogens with one attached hydrogen (secondary N) is 2. The van der Waals surface area contributed by atoms with Gasteiger partial charge in [0.2, 0.25) is 0 Å². The highest BCUT2D eigenvalue weighted by Crippen LogP contribution is 2.24. The van der Waals surface area contributed by atoms with E-state index in [4.69, 9.17) is 9.52 Å². The number of aliphatic hydroxyl groups excluding tert-OH is 1. The summed E-state index contributed by atoms with van der Waals surface area (Å²) in [5, 5.41) is 15.0. The highest BCUT2D eigenvalue weighted by molar-refractivity contribution is 5.85. The normalized spacial score (nSPS) is 10.0. The van der Waals surface area contributed by atoms with Crippen molar-refractivity contribution < 1.29 is 13.9 Å². The molecule has 3 N–H and O–H groups in total. The van der Waals surface area contributed by atoms with Gasteiger partial charge in [0.05, 0.1) is 18.7 Å². The Morgan fingerprint density at radius 1 is 0.957 bits per heavy atom. The van der Waals surface area contributed by atoms with Gasteiger partial charge in [-0.05, 0) is 43.8 Å². The van der Waals surface area contributed by atoms with Crippen LogP contribution in [-0.4, -0.2) is 31.3 Å². The lowest BCUT2D eigenvalue weighted by atomic mass is 10.1. The van der Waals surface area contributed by atoms with Crippen LogP contribution in [0.5, 0.6) is 0 Å². The second kappa shape index (κ2) is 12.3. The molecule has 0 fully saturated rings. The van der Waals surface area contributed by atoms with E-state index < -0.39 is 0 Å². The molecule has 0 unspecified atom stereocenters. The molecule has 0 bridgehead atoms. The first-order valence-electron chi connectivity index (χ1n) is 7.17. The Balaban J connectivity index is 0.00000242. The fourth-order valence-corrected chi connectivity index (χ4v) is 2.03. The van der Waals surface area contributed by atoms with Crippen LogP contribution < -0.4 is 10.6 Å². The van der Waals surface area contributed by atoms with Crippen molar-refractivity contribution in [2.24, 2.45) is 0 Å². The Hall–Kier alpha value is -1.11. The number of furan rings is 1. The molecule has 0 aliphatic carbocycles. The van der Waals surface area contributed by atoms with Gasteiger partial charge in [0.15, 0.2) is 0 Å². The maximum absolute atomic E-state index is 13.6. The smallest absolute Gasteiger partial charge is 0.137 e. The van der Waals surface area contributed by atoms with E-state index >= 15 is 0 Å². The van der Waals surface area contributed by atoms with Crippen LogP contribution in [0.25, 0.3) is 11.3 Å². The molecule has 2 rings (SSSR count). The number of rotatable bonds is 9. The minimum atomic E-state index is -0.277. The topological polar surface area (TPSA) is 57.4 Å². The highest BCUT2D eigenvalue weighted by Gasteiger charge is 2.08. The Morgan fingerprint density at radius 3 is 2.43 bits per heavy atom. The standard InChI is InChI=1S/C16H21FN2O2.2ClH/c17-15-5-2-1-4-14(15)16-7-6-13(21-16)12-19-9-3-8-18-10-11-20;;/h1-2,4-7,18-20H,3,8-12H2;2*1H. The van der Waals surface area contributed by atoms with Crippen molar-refractivity contribution in [3.05, 3.63) is 48.0 Å². The molecule has 1 aromatic carbocycles. The van der Waals surface area contributed by atoms with E-state index in [0.29, 0.717) is 24.4 Å². The second-order valence-electron chi connectivity index (χ2n) is 4.75. The van der Waals surface area contributed by atoms with E-state index in [-0.39, 0.29) is 37.2 Å². The molecular weight excluding hydrogens is 342 g/mol. The summed E-state index contributed by atoms with van der Waals surface area (Å²) in [6, 6.07) is 10.2. The minimum Gasteiger partial charge on any atom is -0.460 e. The molecule has 0 spiro atoms. The fraction of sp³-hybridized carbons (Fsp3) is 0.375. The number of halogens is 3. The third-order valence-electron chi connectivity index (χ3n) is 3.10. The van der Waals surface area contributed by atoms with Gasteiger partial charge in [-0.25, -0.2) is 4.39 Å². The molecule has 1 heterocycles. The van der Waals surface area contributed by atoms with Gasteiger partial charge >= 0.3 is 0 Å². The Morgan fingerprint density at radius 2 is 1.70 bits per heavy atom. The highest BCUT2D eigenvalue weighted by atomic mass is 35.5. The maximum Gasteiger partial charge on any atom is 0.137 e. The van der Waals surface area contributed by atoms with Crippen LogP contribution in [0.15, 0.2) is 40.8 Å². The molecule has 23 heavy (non-hydrogen) atoms. The lowest BCUT2D eigenvalue weighted by Crippen LogP contribution is -2.23. The molecule has 130 valence electrons. The largest absolute Gasteiger partial charge is 0.460 e. The Kier molecular flexibility index (Phi) is 11.7. The van der Waals surface area contributed by atoms with Crippen LogP contribution in [-0.2, 0) is 6.54 Å². The lowest BCUT2D eigenvalue weighted by Gasteiger charge is -2.04. The third-order valence-corrected chi connectivity index (χ3v) is 3.10. The molecule has 0 aliphatic heterocycles. The quantitative estimate of drug-likeness (QED) is 0.598. The van der Waals surface area contributed by atoms with Gasteiger partial charge < -0.3 is 20.2 Å². The van der Waals surface area contributed by atoms with Gasteiger partial charge in [-0.1, -0.05) is 12.1 Å². The molecule has 0 saturated heterocycles. The van der Waals surface area contributed by atoms with E-state index in [1.165, 1.54) is 6.07 Å². The molecule has 7 heteroatoms. The van der Waals surface area contributed by atoms with Gasteiger partial charge in [0.1, 0.15) is 17.3 Å². The molecule has 0 aliphatic rings. The molecule has 2 aromatic rings. The zero-order valence-corrected chi connectivity index (χ0v) is 14.4. The average Bonchev–Trinajstić information content (AvgIpc) is 2.95. The van der Waals surface area contributed by atoms with Crippen LogP contribution in [0.2, 0.25) is 0 Å². The van der Waals surface area contributed by atoms with Crippen molar-refractivity contribution in [2.75, 3.05) is 26.2 Å². The molecule has 4 nitrogen and oxygen atoms in total. The van der Waals surface area contributed by atoms with Gasteiger partial charge in [-0.15, -0.1) is 24.8 Å². The van der Waals surface area contributed by atoms with E-state index in [1.54, 1.807) is 24.3 Å². The molecule has 0 saturated carbocycles. The number of aliphatic hydroxyl groups is 1. The number of hydrogen-bond acceptors (Lipinski definition) is 4. The minimum absolute atomic E-state index is 0. The van der Waals surface area contributed by atoms with Gasteiger partial charge in [-0.3, -0.25) is 0 Å². The van der Waals surface area contributed by atoms with Gasteiger partial charge in [-0.2, -0.15) is 0 Å². The fourth-order valence-electron chi connectivity index (χ4n) is 2.03. The number of benzene rings is 1. The first-order chi connectivity index (χ1) is 10.3. The lowest BCUT2D eigenvalue weighted by molar-refractivity contribution is 0.292. The number of hydrogen-bond donors (Lipinski definition) is 3. The molecule has 0 amide bonds. The monoisotopic (exact) mass is 364 g/mol. The maximum atomic E-state index is 13.6. The second-order valence-corrected chi connectivity index (χ2v) is 4.75. The van der Waals surface area contributed by atoms with Crippen molar-refractivity contribution in [1.29, 1.82) is 0 Å². The third kappa shape index (κ3) is 7.33. The summed E-state index contributed by atoms with van der Waals surface area (Å²) in [5.41, 5.74) is 0.483. The van der Waals surface area contributed by atoms with E-state index in [1.807, 2.05) is 6.07 Å². The van der Waals surface area contributed by atoms with Crippen LogP contribution in [0.4, 0.5) is 4.39 Å². The zero-order chi connectivity index (χ0) is 14.9. The first kappa shape index (κ1) is 21.9. The van der Waals surface area contributed by atoms with Gasteiger partial charge in [0.25, 0.3) is 0 Å². The Bertz CT molecular complexity index is 552. The van der Waals surface area contributed by atoms with Crippen molar-refractivity contribution in [3.8, 4) is 11.3 Å². The predicted molar refractivity (Wildman–Crippen MR) is 94.9 cm³/mol. The van der Waals surface area contributed by atoms with Crippen molar-refractivity contribution in [2.45, 2.75) is 13.0 Å². The van der Waals surface area contributed by atoms with Crippen molar-refractivity contribution >= 4 is 24.8 Å². The summed E-state index contributed by atoms with van der Waals surface area (Å²) < 4.78 is 19.3. The summed E-state index contributed by atoms with van der Waals surface area (Å²) in [4.78, 5) is 0. The van der Waals surface area contributed by atoms with E-state index in [0.717, 1.165) is 25.3 Å². The first-order valence-corrected chi connectivity index (χ1v) is 7.17. The molecule has 1 aromatic heterocycles. The van der Waals surface area contributed by atoms with E-state index in [9.17, 15) is 4.39 Å². The van der Waals surface area contributed by atoms with Crippen molar-refractivity contribution in [1.82, 2.24) is 10.6 Å². The van der Waals surface area contributed by atoms with Gasteiger partial charge in [0, 0.05) is 6.54 Å². The SMILES string of the molecule is Cl.Cl.OCCNCCCNCc1ccc(-c2ccccc2F)o1. The van der Waals surface area contributed by atoms with Crippen LogP contribution >= 0.6 is 24.8 Å². The molecule has 0 atom stereocenters. The molecule has 0 radical (unpaired) electrons. The summed E-state index contributed by atoms with van der Waals surface area (Å²) >= 11 is 0. The Labute approximate surface area is 148 Å². The molecular formula is C16H23Cl2FN2O2. The zero-order valence-electron chi connectivity index (χ0n) is 12.8. The van der Waals surface area contributed by atoms with E-state index in [2.05, 4.69) is 10.6 Å². The average molecular weight is 365 g/mol. The summed E-state index contributed by atoms with van der Waals surface area (Å²) in [5.74, 6) is 1.06.